The maximum atomic E-state index is 12.2. The van der Waals surface area contributed by atoms with Crippen molar-refractivity contribution < 1.29 is 23.9 Å². The molecule has 0 unspecified atom stereocenters. The van der Waals surface area contributed by atoms with Crippen molar-refractivity contribution in [2.24, 2.45) is 5.92 Å². The maximum Gasteiger partial charge on any atom is 0.325 e. The number of imide groups is 1. The summed E-state index contributed by atoms with van der Waals surface area (Å²) in [6.07, 6.45) is 0. The van der Waals surface area contributed by atoms with Gasteiger partial charge >= 0.3 is 6.03 Å². The van der Waals surface area contributed by atoms with Crippen molar-refractivity contribution in [3.8, 4) is 11.5 Å². The Balaban J connectivity index is 2.06. The zero-order valence-electron chi connectivity index (χ0n) is 14.1. The van der Waals surface area contributed by atoms with E-state index >= 15 is 0 Å². The zero-order valence-corrected chi connectivity index (χ0v) is 14.1. The minimum atomic E-state index is -0.596. The van der Waals surface area contributed by atoms with E-state index in [-0.39, 0.29) is 12.5 Å². The Morgan fingerprint density at radius 1 is 1.29 bits per heavy atom. The van der Waals surface area contributed by atoms with Gasteiger partial charge in [0, 0.05) is 6.07 Å². The van der Waals surface area contributed by atoms with Gasteiger partial charge in [-0.2, -0.15) is 0 Å². The second-order valence-electron chi connectivity index (χ2n) is 5.71. The van der Waals surface area contributed by atoms with Crippen LogP contribution in [0.3, 0.4) is 0 Å². The van der Waals surface area contributed by atoms with Crippen molar-refractivity contribution >= 4 is 23.5 Å². The van der Waals surface area contributed by atoms with Crippen LogP contribution in [0.1, 0.15) is 13.8 Å². The average Bonchev–Trinajstić information content (AvgIpc) is 2.83. The van der Waals surface area contributed by atoms with E-state index in [0.717, 1.165) is 4.90 Å². The first-order valence-corrected chi connectivity index (χ1v) is 7.51. The predicted octanol–water partition coefficient (Wildman–Crippen LogP) is 1.22. The molecule has 8 nitrogen and oxygen atoms in total. The first-order chi connectivity index (χ1) is 11.4. The summed E-state index contributed by atoms with van der Waals surface area (Å²) in [6.45, 7) is 3.30. The first-order valence-electron chi connectivity index (χ1n) is 7.51. The van der Waals surface area contributed by atoms with Crippen molar-refractivity contribution in [2.75, 3.05) is 26.1 Å². The monoisotopic (exact) mass is 335 g/mol. The van der Waals surface area contributed by atoms with Gasteiger partial charge in [-0.25, -0.2) is 4.79 Å². The highest BCUT2D eigenvalue weighted by Gasteiger charge is 2.40. The molecule has 24 heavy (non-hydrogen) atoms. The quantitative estimate of drug-likeness (QED) is 0.762. The lowest BCUT2D eigenvalue weighted by Crippen LogP contribution is -2.39. The summed E-state index contributed by atoms with van der Waals surface area (Å²) in [5, 5.41) is 5.21. The van der Waals surface area contributed by atoms with Crippen LogP contribution in [0, 0.1) is 5.92 Å². The minimum Gasteiger partial charge on any atom is -0.497 e. The van der Waals surface area contributed by atoms with Crippen LogP contribution in [0.2, 0.25) is 0 Å². The molecule has 0 saturated carbocycles. The van der Waals surface area contributed by atoms with E-state index in [9.17, 15) is 14.4 Å². The van der Waals surface area contributed by atoms with Gasteiger partial charge in [-0.15, -0.1) is 0 Å². The van der Waals surface area contributed by atoms with Gasteiger partial charge in [-0.05, 0) is 18.1 Å². The van der Waals surface area contributed by atoms with Crippen molar-refractivity contribution in [3.63, 3.8) is 0 Å². The molecule has 1 aliphatic heterocycles. The summed E-state index contributed by atoms with van der Waals surface area (Å²) >= 11 is 0. The fourth-order valence-electron chi connectivity index (χ4n) is 2.38. The number of amides is 4. The molecule has 4 amide bonds. The van der Waals surface area contributed by atoms with Crippen molar-refractivity contribution in [3.05, 3.63) is 18.2 Å². The topological polar surface area (TPSA) is 97.0 Å². The molecule has 1 aliphatic rings. The number of ether oxygens (including phenoxy) is 2. The second kappa shape index (κ2) is 7.20. The summed E-state index contributed by atoms with van der Waals surface area (Å²) < 4.78 is 10.3. The number of nitrogens with one attached hydrogen (secondary N) is 2. The number of carbonyl (C=O) groups is 3. The Hall–Kier alpha value is -2.77. The average molecular weight is 335 g/mol. The molecule has 1 aromatic rings. The Labute approximate surface area is 140 Å². The molecular weight excluding hydrogens is 314 g/mol. The fourth-order valence-corrected chi connectivity index (χ4v) is 2.38. The summed E-state index contributed by atoms with van der Waals surface area (Å²) in [7, 11) is 2.99. The molecule has 1 fully saturated rings. The second-order valence-corrected chi connectivity index (χ2v) is 5.71. The number of benzene rings is 1. The molecule has 2 N–H and O–H groups in total. The Kier molecular flexibility index (Phi) is 5.28. The number of carbonyl (C=O) groups excluding carboxylic acids is 3. The lowest BCUT2D eigenvalue weighted by molar-refractivity contribution is -0.131. The number of methoxy groups -OCH3 is 2. The number of nitrogens with zero attached hydrogens (tertiary/aromatic N) is 1. The Morgan fingerprint density at radius 2 is 2.00 bits per heavy atom. The van der Waals surface area contributed by atoms with Crippen LogP contribution < -0.4 is 20.1 Å². The standard InChI is InChI=1S/C16H21N3O5/c1-9(2)14-15(21)19(16(22)18-14)8-13(20)17-11-6-5-10(23-3)7-12(11)24-4/h5-7,9,14H,8H2,1-4H3,(H,17,20)(H,18,22)/t14-/m0/s1. The van der Waals surface area contributed by atoms with Crippen LogP contribution in [0.25, 0.3) is 0 Å². The fraction of sp³-hybridized carbons (Fsp3) is 0.438. The van der Waals surface area contributed by atoms with Gasteiger partial charge in [-0.3, -0.25) is 14.5 Å². The van der Waals surface area contributed by atoms with Crippen LogP contribution in [-0.2, 0) is 9.59 Å². The number of hydrogen-bond acceptors (Lipinski definition) is 5. The van der Waals surface area contributed by atoms with E-state index in [1.54, 1.807) is 18.2 Å². The third kappa shape index (κ3) is 3.58. The van der Waals surface area contributed by atoms with E-state index in [1.807, 2.05) is 13.8 Å². The van der Waals surface area contributed by atoms with E-state index in [2.05, 4.69) is 10.6 Å². The largest absolute Gasteiger partial charge is 0.497 e. The Bertz CT molecular complexity index is 659. The third-order valence-electron chi connectivity index (χ3n) is 3.71. The van der Waals surface area contributed by atoms with Crippen molar-refractivity contribution in [1.82, 2.24) is 10.2 Å². The van der Waals surface area contributed by atoms with Gasteiger partial charge < -0.3 is 20.1 Å². The lowest BCUT2D eigenvalue weighted by Gasteiger charge is -2.15. The first kappa shape index (κ1) is 17.6. The predicted molar refractivity (Wildman–Crippen MR) is 87.0 cm³/mol. The molecular formula is C16H21N3O5. The third-order valence-corrected chi connectivity index (χ3v) is 3.71. The molecule has 130 valence electrons. The van der Waals surface area contributed by atoms with Gasteiger partial charge in [0.05, 0.1) is 19.9 Å². The highest BCUT2D eigenvalue weighted by molar-refractivity contribution is 6.08. The van der Waals surface area contributed by atoms with E-state index in [1.165, 1.54) is 14.2 Å². The molecule has 0 spiro atoms. The molecule has 0 aromatic heterocycles. The zero-order chi connectivity index (χ0) is 17.9. The van der Waals surface area contributed by atoms with Crippen LogP contribution in [0.4, 0.5) is 10.5 Å². The minimum absolute atomic E-state index is 0.0452. The molecule has 1 heterocycles. The highest BCUT2D eigenvalue weighted by atomic mass is 16.5. The van der Waals surface area contributed by atoms with E-state index in [0.29, 0.717) is 17.2 Å². The van der Waals surface area contributed by atoms with Gasteiger partial charge in [0.25, 0.3) is 5.91 Å². The number of urea groups is 1. The maximum absolute atomic E-state index is 12.2. The van der Waals surface area contributed by atoms with Crippen molar-refractivity contribution in [1.29, 1.82) is 0 Å². The van der Waals surface area contributed by atoms with E-state index < -0.39 is 23.9 Å². The van der Waals surface area contributed by atoms with Gasteiger partial charge in [0.15, 0.2) is 0 Å². The van der Waals surface area contributed by atoms with Crippen molar-refractivity contribution in [2.45, 2.75) is 19.9 Å². The molecule has 0 aliphatic carbocycles. The molecule has 0 bridgehead atoms. The van der Waals surface area contributed by atoms with Gasteiger partial charge in [0.1, 0.15) is 24.1 Å². The molecule has 1 atom stereocenters. The van der Waals surface area contributed by atoms with Gasteiger partial charge in [0.2, 0.25) is 5.91 Å². The molecule has 0 radical (unpaired) electrons. The normalized spacial score (nSPS) is 17.0. The SMILES string of the molecule is COc1ccc(NC(=O)CN2C(=O)N[C@@H](C(C)C)C2=O)c(OC)c1. The lowest BCUT2D eigenvalue weighted by atomic mass is 10.1. The molecule has 2 rings (SSSR count). The van der Waals surface area contributed by atoms with Crippen LogP contribution in [0.5, 0.6) is 11.5 Å². The summed E-state index contributed by atoms with van der Waals surface area (Å²) in [5.74, 6) is 0.0630. The van der Waals surface area contributed by atoms with E-state index in [4.69, 9.17) is 9.47 Å². The molecule has 8 heteroatoms. The number of rotatable bonds is 6. The number of anilines is 1. The van der Waals surface area contributed by atoms with Gasteiger partial charge in [-0.1, -0.05) is 13.8 Å². The highest BCUT2D eigenvalue weighted by Crippen LogP contribution is 2.29. The van der Waals surface area contributed by atoms with Crippen LogP contribution in [-0.4, -0.2) is 49.6 Å². The molecule has 1 aromatic carbocycles. The molecule has 1 saturated heterocycles. The summed E-state index contributed by atoms with van der Waals surface area (Å²) in [5.41, 5.74) is 0.427. The Morgan fingerprint density at radius 3 is 2.54 bits per heavy atom. The van der Waals surface area contributed by atoms with Crippen LogP contribution >= 0.6 is 0 Å². The summed E-state index contributed by atoms with van der Waals surface area (Å²) in [6, 6.07) is 3.76. The number of hydrogen-bond donors (Lipinski definition) is 2. The smallest absolute Gasteiger partial charge is 0.325 e. The summed E-state index contributed by atoms with van der Waals surface area (Å²) in [4.78, 5) is 37.1. The van der Waals surface area contributed by atoms with Crippen LogP contribution in [0.15, 0.2) is 18.2 Å².